The highest BCUT2D eigenvalue weighted by Gasteiger charge is 2.17. The average molecular weight is 451 g/mol. The van der Waals surface area contributed by atoms with E-state index in [0.717, 1.165) is 11.6 Å². The van der Waals surface area contributed by atoms with Crippen LogP contribution in [-0.4, -0.2) is 28.5 Å². The minimum absolute atomic E-state index is 0.0187. The number of nitrogens with one attached hydrogen (secondary N) is 3. The number of ether oxygens (including phenoxy) is 1. The third kappa shape index (κ3) is 6.68. The fourth-order valence-electron chi connectivity index (χ4n) is 2.26. The van der Waals surface area contributed by atoms with Crippen molar-refractivity contribution in [3.8, 4) is 5.75 Å². The van der Waals surface area contributed by atoms with Gasteiger partial charge in [0.15, 0.2) is 11.7 Å². The van der Waals surface area contributed by atoms with E-state index in [0.29, 0.717) is 11.7 Å². The standard InChI is InChI=1S/C19H19ClN4O5S/c1-11(2)12-3-6-14(7-4-12)29-10-17(25)22-23-19(30)21-18(26)13-5-8-15(20)16(9-13)24(27)28/h3-9,11H,10H2,1-2H3,(H,22,25)(H2,21,23,26,30). The molecule has 0 radical (unpaired) electrons. The van der Waals surface area contributed by atoms with Crippen molar-refractivity contribution in [1.82, 2.24) is 16.2 Å². The van der Waals surface area contributed by atoms with Crippen LogP contribution in [0.25, 0.3) is 0 Å². The van der Waals surface area contributed by atoms with Gasteiger partial charge in [0, 0.05) is 11.6 Å². The van der Waals surface area contributed by atoms with Crippen LogP contribution in [0.15, 0.2) is 42.5 Å². The molecule has 0 aliphatic carbocycles. The van der Waals surface area contributed by atoms with Gasteiger partial charge in [0.1, 0.15) is 10.8 Å². The molecule has 0 aliphatic heterocycles. The Kier molecular flexibility index (Phi) is 8.07. The number of benzene rings is 2. The van der Waals surface area contributed by atoms with Gasteiger partial charge in [0.2, 0.25) is 0 Å². The van der Waals surface area contributed by atoms with Crippen LogP contribution in [0.5, 0.6) is 5.75 Å². The topological polar surface area (TPSA) is 123 Å². The summed E-state index contributed by atoms with van der Waals surface area (Å²) in [5, 5.41) is 12.9. The van der Waals surface area contributed by atoms with E-state index in [1.54, 1.807) is 12.1 Å². The first kappa shape index (κ1) is 23.0. The van der Waals surface area contributed by atoms with E-state index in [-0.39, 0.29) is 22.3 Å². The van der Waals surface area contributed by atoms with Crippen LogP contribution >= 0.6 is 23.8 Å². The number of amides is 2. The number of nitro benzene ring substituents is 1. The smallest absolute Gasteiger partial charge is 0.288 e. The average Bonchev–Trinajstić information content (AvgIpc) is 2.71. The second kappa shape index (κ2) is 10.5. The van der Waals surface area contributed by atoms with E-state index in [2.05, 4.69) is 30.0 Å². The number of rotatable bonds is 6. The molecule has 0 atom stereocenters. The van der Waals surface area contributed by atoms with Gasteiger partial charge in [-0.2, -0.15) is 0 Å². The van der Waals surface area contributed by atoms with Crippen LogP contribution in [0.4, 0.5) is 5.69 Å². The molecule has 0 aliphatic rings. The SMILES string of the molecule is CC(C)c1ccc(OCC(=O)NNC(=S)NC(=O)c2ccc(Cl)c([N+](=O)[O-])c2)cc1. The van der Waals surface area contributed by atoms with Gasteiger partial charge in [-0.05, 0) is 48.0 Å². The van der Waals surface area contributed by atoms with Crippen LogP contribution in [0, 0.1) is 10.1 Å². The molecular weight excluding hydrogens is 432 g/mol. The van der Waals surface area contributed by atoms with Crippen LogP contribution in [0.3, 0.4) is 0 Å². The van der Waals surface area contributed by atoms with Gasteiger partial charge in [-0.3, -0.25) is 35.9 Å². The molecule has 2 rings (SSSR count). The number of nitrogens with zero attached hydrogens (tertiary/aromatic N) is 1. The lowest BCUT2D eigenvalue weighted by molar-refractivity contribution is -0.384. The molecule has 0 heterocycles. The maximum atomic E-state index is 12.1. The highest BCUT2D eigenvalue weighted by atomic mass is 35.5. The van der Waals surface area contributed by atoms with Gasteiger partial charge in [-0.25, -0.2) is 0 Å². The molecule has 3 N–H and O–H groups in total. The van der Waals surface area contributed by atoms with E-state index in [9.17, 15) is 19.7 Å². The number of nitro groups is 1. The number of hydrogen-bond donors (Lipinski definition) is 3. The lowest BCUT2D eigenvalue weighted by Gasteiger charge is -2.12. The van der Waals surface area contributed by atoms with Crippen molar-refractivity contribution >= 4 is 46.4 Å². The zero-order chi connectivity index (χ0) is 22.3. The molecule has 0 fully saturated rings. The van der Waals surface area contributed by atoms with Crippen molar-refractivity contribution in [3.63, 3.8) is 0 Å². The van der Waals surface area contributed by atoms with Crippen LogP contribution < -0.4 is 20.9 Å². The Balaban J connectivity index is 1.79. The van der Waals surface area contributed by atoms with E-state index in [4.69, 9.17) is 28.6 Å². The monoisotopic (exact) mass is 450 g/mol. The second-order valence-corrected chi connectivity index (χ2v) is 7.21. The molecule has 0 unspecified atom stereocenters. The summed E-state index contributed by atoms with van der Waals surface area (Å²) >= 11 is 10.6. The summed E-state index contributed by atoms with van der Waals surface area (Å²) in [6.07, 6.45) is 0. The van der Waals surface area contributed by atoms with Gasteiger partial charge < -0.3 is 4.74 Å². The van der Waals surface area contributed by atoms with Gasteiger partial charge in [0.25, 0.3) is 17.5 Å². The molecule has 158 valence electrons. The number of halogens is 1. The number of carbonyl (C=O) groups is 2. The maximum Gasteiger partial charge on any atom is 0.288 e. The lowest BCUT2D eigenvalue weighted by atomic mass is 10.0. The van der Waals surface area contributed by atoms with Crippen molar-refractivity contribution in [2.75, 3.05) is 6.61 Å². The molecule has 0 bridgehead atoms. The van der Waals surface area contributed by atoms with Crippen molar-refractivity contribution in [3.05, 3.63) is 68.7 Å². The van der Waals surface area contributed by atoms with Crippen LogP contribution in [-0.2, 0) is 4.79 Å². The Bertz CT molecular complexity index is 966. The lowest BCUT2D eigenvalue weighted by Crippen LogP contribution is -2.49. The van der Waals surface area contributed by atoms with Gasteiger partial charge in [0.05, 0.1) is 4.92 Å². The van der Waals surface area contributed by atoms with Gasteiger partial charge >= 0.3 is 0 Å². The number of hydrazine groups is 1. The van der Waals surface area contributed by atoms with E-state index in [1.165, 1.54) is 12.1 Å². The molecular formula is C19H19ClN4O5S. The molecule has 2 aromatic carbocycles. The zero-order valence-corrected chi connectivity index (χ0v) is 17.7. The molecule has 30 heavy (non-hydrogen) atoms. The largest absolute Gasteiger partial charge is 0.484 e. The van der Waals surface area contributed by atoms with Crippen molar-refractivity contribution < 1.29 is 19.2 Å². The Morgan fingerprint density at radius 2 is 1.83 bits per heavy atom. The van der Waals surface area contributed by atoms with Gasteiger partial charge in [-0.15, -0.1) is 0 Å². The molecule has 9 nitrogen and oxygen atoms in total. The van der Waals surface area contributed by atoms with Crippen molar-refractivity contribution in [1.29, 1.82) is 0 Å². The molecule has 0 saturated carbocycles. The Morgan fingerprint density at radius 3 is 2.43 bits per heavy atom. The van der Waals surface area contributed by atoms with Crippen molar-refractivity contribution in [2.24, 2.45) is 0 Å². The predicted molar refractivity (Wildman–Crippen MR) is 115 cm³/mol. The van der Waals surface area contributed by atoms with Gasteiger partial charge in [-0.1, -0.05) is 37.6 Å². The summed E-state index contributed by atoms with van der Waals surface area (Å²) in [6.45, 7) is 3.88. The molecule has 2 aromatic rings. The molecule has 2 amide bonds. The first-order valence-electron chi connectivity index (χ1n) is 8.74. The fraction of sp³-hybridized carbons (Fsp3) is 0.211. The Labute approximate surface area is 182 Å². The maximum absolute atomic E-state index is 12.1. The van der Waals surface area contributed by atoms with E-state index < -0.39 is 22.4 Å². The number of thiocarbonyl (C=S) groups is 1. The van der Waals surface area contributed by atoms with E-state index >= 15 is 0 Å². The first-order chi connectivity index (χ1) is 14.2. The minimum atomic E-state index is -0.706. The molecule has 11 heteroatoms. The summed E-state index contributed by atoms with van der Waals surface area (Å²) in [4.78, 5) is 34.2. The first-order valence-corrected chi connectivity index (χ1v) is 9.53. The number of hydrogen-bond acceptors (Lipinski definition) is 6. The number of carbonyl (C=O) groups excluding carboxylic acids is 2. The summed E-state index contributed by atoms with van der Waals surface area (Å²) in [6, 6.07) is 10.9. The van der Waals surface area contributed by atoms with Crippen LogP contribution in [0.1, 0.15) is 35.7 Å². The fourth-order valence-corrected chi connectivity index (χ4v) is 2.59. The quantitative estimate of drug-likeness (QED) is 0.351. The summed E-state index contributed by atoms with van der Waals surface area (Å²) in [7, 11) is 0. The highest BCUT2D eigenvalue weighted by Crippen LogP contribution is 2.25. The Morgan fingerprint density at radius 1 is 1.17 bits per heavy atom. The zero-order valence-electron chi connectivity index (χ0n) is 16.1. The highest BCUT2D eigenvalue weighted by molar-refractivity contribution is 7.80. The normalized spacial score (nSPS) is 10.3. The molecule has 0 saturated heterocycles. The van der Waals surface area contributed by atoms with Crippen LogP contribution in [0.2, 0.25) is 5.02 Å². The minimum Gasteiger partial charge on any atom is -0.484 e. The summed E-state index contributed by atoms with van der Waals surface area (Å²) < 4.78 is 5.37. The summed E-state index contributed by atoms with van der Waals surface area (Å²) in [5.74, 6) is -0.304. The predicted octanol–water partition coefficient (Wildman–Crippen LogP) is 3.09. The third-order valence-electron chi connectivity index (χ3n) is 3.86. The summed E-state index contributed by atoms with van der Waals surface area (Å²) in [5.41, 5.74) is 5.36. The Hall–Kier alpha value is -3.24. The molecule has 0 aromatic heterocycles. The molecule has 0 spiro atoms. The second-order valence-electron chi connectivity index (χ2n) is 6.39. The van der Waals surface area contributed by atoms with Crippen molar-refractivity contribution in [2.45, 2.75) is 19.8 Å². The van der Waals surface area contributed by atoms with E-state index in [1.807, 2.05) is 12.1 Å². The third-order valence-corrected chi connectivity index (χ3v) is 4.39.